The Bertz CT molecular complexity index is 3740. The molecule has 1 amide bonds. The third-order valence-electron chi connectivity index (χ3n) is 14.3. The summed E-state index contributed by atoms with van der Waals surface area (Å²) in [5, 5.41) is 3.10. The molecule has 476 valence electrons. The fourth-order valence-electron chi connectivity index (χ4n) is 10.3. The van der Waals surface area contributed by atoms with Gasteiger partial charge in [0, 0.05) is 89.8 Å². The number of nitrogens with two attached hydrogens (primary N) is 1. The number of anilines is 2. The van der Waals surface area contributed by atoms with Gasteiger partial charge in [-0.1, -0.05) is 65.5 Å². The van der Waals surface area contributed by atoms with E-state index in [1.807, 2.05) is 58.1 Å². The summed E-state index contributed by atoms with van der Waals surface area (Å²) in [4.78, 5) is 73.3. The molecule has 3 unspecified atom stereocenters. The number of thiol groups is 1. The molecule has 33 heteroatoms. The first-order valence-corrected chi connectivity index (χ1v) is 35.9. The molecule has 1 fully saturated rings. The minimum Gasteiger partial charge on any atom is -0.369 e. The highest BCUT2D eigenvalue weighted by atomic mass is 33.1. The Hall–Kier alpha value is -4.41. The Balaban J connectivity index is 0.885. The highest BCUT2D eigenvalue weighted by Crippen LogP contribution is 2.66. The van der Waals surface area contributed by atoms with Crippen LogP contribution in [0.1, 0.15) is 103 Å². The van der Waals surface area contributed by atoms with Crippen LogP contribution in [-0.4, -0.2) is 133 Å². The van der Waals surface area contributed by atoms with E-state index < -0.39 is 69.6 Å². The second-order valence-electron chi connectivity index (χ2n) is 22.0. The van der Waals surface area contributed by atoms with E-state index >= 15 is 0 Å². The standard InChI is InChI=1S/C54H72N7O19P3S4/c1-9-59-40-23-21-36(84)27-38(40)53(4,5)44(59)18-12-10-13-19-45-54(6,7)39-28-37(87(71,72)73)22-24-41(39)60(45)25-15-11-14-20-46(62)56-32-52(2,3)86-85-34-75-26-16-17-35-30-61(49-48(35)50(63)58-51(55)57-49)47-29-42(76-33-74-8)43(78-47)31-77-82(67,68)80-83(69,70)79-81(64,65)66/h10,12-13,18-19,21-24,27-28,30,42-43,47H,9,11,14-15,20,25-26,29,31-34H2,1-8H3,(H9-,55,56,57,58,62,63,64,65,66,67,68,69,70,71,72,73,84)/p+1/t42?,43-,47-/m1/s1. The predicted octanol–water partition coefficient (Wildman–Crippen LogP) is 8.51. The van der Waals surface area contributed by atoms with Gasteiger partial charge in [-0.3, -0.25) is 23.6 Å². The van der Waals surface area contributed by atoms with Gasteiger partial charge in [-0.2, -0.15) is 26.6 Å². The summed E-state index contributed by atoms with van der Waals surface area (Å²) in [7, 11) is -17.1. The third-order valence-corrected chi connectivity index (χ3v) is 22.2. The number of phosphoric ester groups is 1. The van der Waals surface area contributed by atoms with E-state index in [2.05, 4.69) is 96.8 Å². The largest absolute Gasteiger partial charge is 0.490 e. The number of allylic oxidation sites excluding steroid dienone is 6. The van der Waals surface area contributed by atoms with Crippen LogP contribution in [0.15, 0.2) is 93.3 Å². The summed E-state index contributed by atoms with van der Waals surface area (Å²) in [6.07, 6.45) is 11.0. The number of benzene rings is 2. The Labute approximate surface area is 517 Å². The van der Waals surface area contributed by atoms with Crippen molar-refractivity contribution in [3.05, 3.63) is 106 Å². The fraction of sp³-hybridized carbons (Fsp3) is 0.481. The lowest BCUT2D eigenvalue weighted by Gasteiger charge is -2.25. The molecule has 4 aromatic rings. The monoisotopic (exact) mass is 1340 g/mol. The first-order chi connectivity index (χ1) is 40.7. The lowest BCUT2D eigenvalue weighted by Crippen LogP contribution is -2.35. The molecule has 0 spiro atoms. The second kappa shape index (κ2) is 28.8. The van der Waals surface area contributed by atoms with Gasteiger partial charge in [0.25, 0.3) is 15.7 Å². The third kappa shape index (κ3) is 18.2. The van der Waals surface area contributed by atoms with Crippen molar-refractivity contribution in [3.63, 3.8) is 0 Å². The van der Waals surface area contributed by atoms with Crippen LogP contribution >= 0.6 is 57.7 Å². The summed E-state index contributed by atoms with van der Waals surface area (Å²) in [5.41, 5.74) is 10.9. The molecule has 2 aromatic heterocycles. The molecule has 3 aliphatic rings. The van der Waals surface area contributed by atoms with Gasteiger partial charge in [0.2, 0.25) is 17.5 Å². The fourth-order valence-corrected chi connectivity index (χ4v) is 16.2. The molecule has 2 aromatic carbocycles. The van der Waals surface area contributed by atoms with Crippen LogP contribution in [0.4, 0.5) is 17.3 Å². The predicted molar refractivity (Wildman–Crippen MR) is 333 cm³/mol. The number of rotatable bonds is 29. The number of amides is 1. The lowest BCUT2D eigenvalue weighted by atomic mass is 9.81. The normalized spacial score (nSPS) is 20.3. The first-order valence-electron chi connectivity index (χ1n) is 27.2. The molecular weight excluding hydrogens is 1270 g/mol. The molecule has 0 bridgehead atoms. The number of carbonyl (C=O) groups is 1. The molecule has 87 heavy (non-hydrogen) atoms. The van der Waals surface area contributed by atoms with Crippen molar-refractivity contribution in [1.29, 1.82) is 0 Å². The minimum absolute atomic E-state index is 0.00457. The number of unbranched alkanes of at least 4 members (excludes halogenated alkanes) is 2. The summed E-state index contributed by atoms with van der Waals surface area (Å²) in [6.45, 7) is 15.3. The zero-order valence-corrected chi connectivity index (χ0v) is 55.0. The molecule has 0 aliphatic carbocycles. The van der Waals surface area contributed by atoms with Gasteiger partial charge in [-0.25, -0.2) is 13.7 Å². The number of H-pyrrole nitrogens is 1. The van der Waals surface area contributed by atoms with E-state index in [-0.39, 0.29) is 69.3 Å². The highest BCUT2D eigenvalue weighted by molar-refractivity contribution is 8.77. The zero-order valence-electron chi connectivity index (χ0n) is 49.0. The number of nitrogens with zero attached hydrogens (tertiary/aromatic N) is 4. The van der Waals surface area contributed by atoms with Crippen molar-refractivity contribution in [2.45, 2.75) is 124 Å². The van der Waals surface area contributed by atoms with Crippen LogP contribution < -0.4 is 21.5 Å². The number of likely N-dealkylation sites (N-methyl/N-ethyl adjacent to an activating group) is 1. The first kappa shape index (κ1) is 70.1. The van der Waals surface area contributed by atoms with E-state index in [9.17, 15) is 46.0 Å². The molecule has 5 heterocycles. The van der Waals surface area contributed by atoms with Crippen LogP contribution in [0.25, 0.3) is 11.0 Å². The van der Waals surface area contributed by atoms with Crippen molar-refractivity contribution < 1.29 is 87.7 Å². The Morgan fingerprint density at radius 3 is 2.48 bits per heavy atom. The molecule has 26 nitrogen and oxygen atoms in total. The van der Waals surface area contributed by atoms with Gasteiger partial charge in [0.15, 0.2) is 11.4 Å². The Morgan fingerprint density at radius 2 is 1.78 bits per heavy atom. The maximum atomic E-state index is 13.2. The van der Waals surface area contributed by atoms with Crippen LogP contribution in [0.5, 0.6) is 0 Å². The van der Waals surface area contributed by atoms with Crippen LogP contribution in [-0.2, 0) is 71.5 Å². The number of nitrogen functional groups attached to an aromatic ring is 1. The molecule has 7 rings (SSSR count). The van der Waals surface area contributed by atoms with Crippen molar-refractivity contribution in [2.75, 3.05) is 63.3 Å². The molecule has 5 atom stereocenters. The number of ether oxygens (including phenoxy) is 4. The van der Waals surface area contributed by atoms with E-state index in [4.69, 9.17) is 39.0 Å². The summed E-state index contributed by atoms with van der Waals surface area (Å²) in [5.74, 6) is 5.72. The average molecular weight is 1350 g/mol. The molecule has 3 aliphatic heterocycles. The number of fused-ring (bicyclic) bond motifs is 3. The van der Waals surface area contributed by atoms with Crippen molar-refractivity contribution >= 4 is 108 Å². The summed E-state index contributed by atoms with van der Waals surface area (Å²) >= 11 is 4.60. The summed E-state index contributed by atoms with van der Waals surface area (Å²) in [6, 6.07) is 11.0. The Morgan fingerprint density at radius 1 is 1.03 bits per heavy atom. The number of methoxy groups -OCH3 is 1. The van der Waals surface area contributed by atoms with Crippen LogP contribution in [0, 0.1) is 11.8 Å². The summed E-state index contributed by atoms with van der Waals surface area (Å²) < 4.78 is 108. The van der Waals surface area contributed by atoms with E-state index in [0.717, 1.165) is 41.2 Å². The quantitative estimate of drug-likeness (QED) is 0.00283. The van der Waals surface area contributed by atoms with Crippen molar-refractivity contribution in [3.8, 4) is 11.8 Å². The van der Waals surface area contributed by atoms with Crippen LogP contribution in [0.3, 0.4) is 0 Å². The lowest BCUT2D eigenvalue weighted by molar-refractivity contribution is -0.438. The molecule has 1 saturated heterocycles. The number of aromatic nitrogens is 3. The van der Waals surface area contributed by atoms with Gasteiger partial charge < -0.3 is 59.0 Å². The second-order valence-corrected chi connectivity index (χ2v) is 31.3. The molecule has 0 saturated carbocycles. The SMILES string of the molecule is CCN1/C(=C/C=C/C=C/C2=[N+](CCCCCC(=O)NCC(C)(C)SSCOCC#Cc3cn([C@H]4CC(OCOC)[C@@H](COP(=O)(O)OP(=O)(O)OP(=O)(O)O)O4)c4nc(N)[nH]c(=O)c34)c3ccc(S(=O)(=O)O)cc3C2(C)C)C(C)(C)c2cc(S)ccc21. The molecule has 0 radical (unpaired) electrons. The Kier molecular flexibility index (Phi) is 23.2. The van der Waals surface area contributed by atoms with Gasteiger partial charge in [0.05, 0.1) is 34.0 Å². The van der Waals surface area contributed by atoms with Crippen molar-refractivity contribution in [1.82, 2.24) is 19.9 Å². The molecule has 9 N–H and O–H groups in total. The van der Waals surface area contributed by atoms with Gasteiger partial charge >= 0.3 is 23.5 Å². The van der Waals surface area contributed by atoms with Gasteiger partial charge in [-0.15, -0.1) is 12.6 Å². The number of nitrogens with one attached hydrogen (secondary N) is 2. The topological polar surface area (TPSA) is 363 Å². The van der Waals surface area contributed by atoms with E-state index in [1.54, 1.807) is 12.1 Å². The number of hydrogen-bond acceptors (Lipinski definition) is 20. The van der Waals surface area contributed by atoms with E-state index in [1.165, 1.54) is 62.5 Å². The number of aromatic amines is 1. The highest BCUT2D eigenvalue weighted by Gasteiger charge is 2.46. The smallest absolute Gasteiger partial charge is 0.369 e. The van der Waals surface area contributed by atoms with Gasteiger partial charge in [0.1, 0.15) is 38.2 Å². The maximum absolute atomic E-state index is 13.2. The maximum Gasteiger partial charge on any atom is 0.490 e. The average Bonchev–Trinajstić information content (AvgIpc) is 1.63. The zero-order chi connectivity index (χ0) is 63.9. The minimum atomic E-state index is -5.79. The van der Waals surface area contributed by atoms with Crippen LogP contribution in [0.2, 0.25) is 0 Å². The number of phosphoric acid groups is 3. The van der Waals surface area contributed by atoms with Crippen molar-refractivity contribution in [2.24, 2.45) is 0 Å². The van der Waals surface area contributed by atoms with Gasteiger partial charge in [-0.05, 0) is 89.4 Å². The number of carbonyl (C=O) groups excluding carboxylic acids is 1. The number of hydrogen-bond donors (Lipinski definition) is 9. The molecular formula is C54H73N7O19P3S4+. The van der Waals surface area contributed by atoms with E-state index in [0.29, 0.717) is 25.9 Å².